The Bertz CT molecular complexity index is 889. The number of hydrogen-bond donors (Lipinski definition) is 4. The molecule has 24 heavy (non-hydrogen) atoms. The van der Waals surface area contributed by atoms with Gasteiger partial charge in [0.1, 0.15) is 17.7 Å². The highest BCUT2D eigenvalue weighted by Gasteiger charge is 2.20. The van der Waals surface area contributed by atoms with E-state index in [1.165, 1.54) is 6.33 Å². The van der Waals surface area contributed by atoms with Crippen LogP contribution in [0.5, 0.6) is 0 Å². The van der Waals surface area contributed by atoms with Gasteiger partial charge in [-0.05, 0) is 23.8 Å². The van der Waals surface area contributed by atoms with Crippen molar-refractivity contribution >= 4 is 38.7 Å². The van der Waals surface area contributed by atoms with E-state index >= 15 is 0 Å². The largest absolute Gasteiger partial charge is 0.388 e. The SMILES string of the molecule is N=C(N)C[C@@H](NC(=O)c1ncnc2[nH]ccc12)c1ccc(Br)cc1. The van der Waals surface area contributed by atoms with Crippen LogP contribution in [0, 0.1) is 5.41 Å². The summed E-state index contributed by atoms with van der Waals surface area (Å²) in [6.45, 7) is 0. The third-order valence-corrected chi connectivity index (χ3v) is 4.10. The Kier molecular flexibility index (Phi) is 4.57. The van der Waals surface area contributed by atoms with Crippen molar-refractivity contribution in [1.82, 2.24) is 20.3 Å². The molecule has 1 aromatic carbocycles. The summed E-state index contributed by atoms with van der Waals surface area (Å²) in [5.74, 6) is -0.339. The topological polar surface area (TPSA) is 121 Å². The maximum Gasteiger partial charge on any atom is 0.271 e. The van der Waals surface area contributed by atoms with E-state index in [1.54, 1.807) is 12.3 Å². The molecule has 3 rings (SSSR count). The number of aromatic amines is 1. The predicted octanol–water partition coefficient (Wildman–Crippen LogP) is 2.52. The summed E-state index contributed by atoms with van der Waals surface area (Å²) < 4.78 is 0.934. The summed E-state index contributed by atoms with van der Waals surface area (Å²) in [4.78, 5) is 23.8. The van der Waals surface area contributed by atoms with Gasteiger partial charge in [-0.1, -0.05) is 28.1 Å². The van der Waals surface area contributed by atoms with Crippen LogP contribution >= 0.6 is 15.9 Å². The van der Waals surface area contributed by atoms with Gasteiger partial charge >= 0.3 is 0 Å². The number of halogens is 1. The van der Waals surface area contributed by atoms with E-state index in [4.69, 9.17) is 11.1 Å². The Morgan fingerprint density at radius 3 is 2.75 bits per heavy atom. The second-order valence-corrected chi connectivity index (χ2v) is 6.18. The van der Waals surface area contributed by atoms with Crippen LogP contribution in [0.4, 0.5) is 0 Å². The summed E-state index contributed by atoms with van der Waals surface area (Å²) in [5.41, 5.74) is 7.29. The molecule has 7 nitrogen and oxygen atoms in total. The van der Waals surface area contributed by atoms with Crippen LogP contribution in [0.2, 0.25) is 0 Å². The van der Waals surface area contributed by atoms with Gasteiger partial charge in [0.25, 0.3) is 5.91 Å². The van der Waals surface area contributed by atoms with Crippen LogP contribution < -0.4 is 11.1 Å². The molecule has 0 fully saturated rings. The van der Waals surface area contributed by atoms with E-state index in [-0.39, 0.29) is 23.9 Å². The first kappa shape index (κ1) is 16.1. The summed E-state index contributed by atoms with van der Waals surface area (Å²) in [5, 5.41) is 11.1. The van der Waals surface area contributed by atoms with Crippen molar-refractivity contribution in [3.63, 3.8) is 0 Å². The molecule has 0 saturated heterocycles. The number of amides is 1. The lowest BCUT2D eigenvalue weighted by atomic mass is 10.0. The number of nitrogens with one attached hydrogen (secondary N) is 3. The standard InChI is InChI=1S/C16H15BrN6O/c17-10-3-1-9(2-4-10)12(7-13(18)19)23-16(24)14-11-5-6-20-15(11)22-8-21-14/h1-6,8,12H,7H2,(H3,18,19)(H,23,24)(H,20,21,22)/t12-/m1/s1. The van der Waals surface area contributed by atoms with Crippen molar-refractivity contribution in [1.29, 1.82) is 5.41 Å². The minimum atomic E-state index is -0.410. The van der Waals surface area contributed by atoms with Gasteiger partial charge in [0.15, 0.2) is 0 Å². The van der Waals surface area contributed by atoms with Crippen LogP contribution in [-0.2, 0) is 0 Å². The molecule has 0 aliphatic rings. The second kappa shape index (κ2) is 6.79. The Morgan fingerprint density at radius 1 is 1.29 bits per heavy atom. The van der Waals surface area contributed by atoms with Crippen molar-refractivity contribution in [2.45, 2.75) is 12.5 Å². The van der Waals surface area contributed by atoms with Gasteiger partial charge in [0, 0.05) is 17.1 Å². The fraction of sp³-hybridized carbons (Fsp3) is 0.125. The van der Waals surface area contributed by atoms with Gasteiger partial charge in [0.2, 0.25) is 0 Å². The number of nitrogens with zero attached hydrogens (tertiary/aromatic N) is 2. The number of rotatable bonds is 5. The molecule has 1 amide bonds. The lowest BCUT2D eigenvalue weighted by Crippen LogP contribution is -2.32. The molecule has 0 spiro atoms. The third-order valence-electron chi connectivity index (χ3n) is 3.57. The van der Waals surface area contributed by atoms with Gasteiger partial charge in [-0.15, -0.1) is 0 Å². The molecule has 0 unspecified atom stereocenters. The van der Waals surface area contributed by atoms with Gasteiger partial charge in [0.05, 0.1) is 17.3 Å². The number of carbonyl (C=O) groups is 1. The molecule has 2 heterocycles. The van der Waals surface area contributed by atoms with Crippen LogP contribution in [0.3, 0.4) is 0 Å². The summed E-state index contributed by atoms with van der Waals surface area (Å²) >= 11 is 3.38. The van der Waals surface area contributed by atoms with Crippen LogP contribution in [0.15, 0.2) is 47.3 Å². The highest BCUT2D eigenvalue weighted by atomic mass is 79.9. The minimum Gasteiger partial charge on any atom is -0.388 e. The molecular weight excluding hydrogens is 372 g/mol. The smallest absolute Gasteiger partial charge is 0.271 e. The summed E-state index contributed by atoms with van der Waals surface area (Å²) in [6, 6.07) is 8.86. The van der Waals surface area contributed by atoms with Gasteiger partial charge in [-0.2, -0.15) is 0 Å². The molecule has 0 radical (unpaired) electrons. The maximum atomic E-state index is 12.7. The Hall–Kier alpha value is -2.74. The molecular formula is C16H15BrN6O. The average molecular weight is 387 g/mol. The number of carbonyl (C=O) groups excluding carboxylic acids is 1. The first-order valence-corrected chi connectivity index (χ1v) is 8.01. The van der Waals surface area contributed by atoms with Crippen molar-refractivity contribution in [2.75, 3.05) is 0 Å². The van der Waals surface area contributed by atoms with E-state index in [0.29, 0.717) is 11.0 Å². The van der Waals surface area contributed by atoms with Gasteiger partial charge in [-0.3, -0.25) is 10.2 Å². The van der Waals surface area contributed by atoms with Crippen LogP contribution in [0.25, 0.3) is 11.0 Å². The van der Waals surface area contributed by atoms with E-state index in [9.17, 15) is 4.79 Å². The molecule has 1 atom stereocenters. The number of nitrogens with two attached hydrogens (primary N) is 1. The maximum absolute atomic E-state index is 12.7. The third kappa shape index (κ3) is 3.43. The quantitative estimate of drug-likeness (QED) is 0.397. The van der Waals surface area contributed by atoms with E-state index in [0.717, 1.165) is 10.0 Å². The fourth-order valence-electron chi connectivity index (χ4n) is 2.45. The highest BCUT2D eigenvalue weighted by Crippen LogP contribution is 2.21. The zero-order valence-corrected chi connectivity index (χ0v) is 14.2. The van der Waals surface area contributed by atoms with Crippen molar-refractivity contribution < 1.29 is 4.79 Å². The average Bonchev–Trinajstić information content (AvgIpc) is 3.03. The van der Waals surface area contributed by atoms with Crippen molar-refractivity contribution in [3.05, 3.63) is 58.6 Å². The van der Waals surface area contributed by atoms with Crippen LogP contribution in [-0.4, -0.2) is 26.7 Å². The Balaban J connectivity index is 1.89. The van der Waals surface area contributed by atoms with Crippen molar-refractivity contribution in [3.8, 4) is 0 Å². The number of amidine groups is 1. The summed E-state index contributed by atoms with van der Waals surface area (Å²) in [6.07, 6.45) is 3.26. The molecule has 3 aromatic rings. The lowest BCUT2D eigenvalue weighted by Gasteiger charge is -2.18. The van der Waals surface area contributed by atoms with Gasteiger partial charge in [-0.25, -0.2) is 9.97 Å². The number of fused-ring (bicyclic) bond motifs is 1. The van der Waals surface area contributed by atoms with E-state index in [2.05, 4.69) is 36.2 Å². The Labute approximate surface area is 146 Å². The number of benzene rings is 1. The fourth-order valence-corrected chi connectivity index (χ4v) is 2.71. The normalized spacial score (nSPS) is 12.0. The van der Waals surface area contributed by atoms with E-state index in [1.807, 2.05) is 24.3 Å². The van der Waals surface area contributed by atoms with Crippen molar-refractivity contribution in [2.24, 2.45) is 5.73 Å². The first-order valence-electron chi connectivity index (χ1n) is 7.22. The second-order valence-electron chi connectivity index (χ2n) is 5.27. The molecule has 2 aromatic heterocycles. The van der Waals surface area contributed by atoms with E-state index < -0.39 is 6.04 Å². The molecule has 0 aliphatic carbocycles. The first-order chi connectivity index (χ1) is 11.5. The van der Waals surface area contributed by atoms with Crippen LogP contribution in [0.1, 0.15) is 28.5 Å². The highest BCUT2D eigenvalue weighted by molar-refractivity contribution is 9.10. The summed E-state index contributed by atoms with van der Waals surface area (Å²) in [7, 11) is 0. The molecule has 0 saturated carbocycles. The number of aromatic nitrogens is 3. The lowest BCUT2D eigenvalue weighted by molar-refractivity contribution is 0.0934. The molecule has 122 valence electrons. The number of H-pyrrole nitrogens is 1. The molecule has 0 aliphatic heterocycles. The zero-order chi connectivity index (χ0) is 17.1. The minimum absolute atomic E-state index is 0.00213. The predicted molar refractivity (Wildman–Crippen MR) is 94.8 cm³/mol. The molecule has 0 bridgehead atoms. The number of hydrogen-bond acceptors (Lipinski definition) is 4. The molecule has 8 heteroatoms. The zero-order valence-electron chi connectivity index (χ0n) is 12.6. The monoisotopic (exact) mass is 386 g/mol. The molecule has 5 N–H and O–H groups in total. The van der Waals surface area contributed by atoms with Gasteiger partial charge < -0.3 is 16.0 Å². The Morgan fingerprint density at radius 2 is 2.04 bits per heavy atom.